The highest BCUT2D eigenvalue weighted by Gasteiger charge is 2.16. The molecule has 1 rings (SSSR count). The number of hydrogen-bond acceptors (Lipinski definition) is 4. The number of anilines is 1. The SMILES string of the molecule is CC(=O)Oc1cc(N(CCCl)CCCl)ccc1C(=O)O. The van der Waals surface area contributed by atoms with Crippen molar-refractivity contribution in [3.8, 4) is 5.75 Å². The van der Waals surface area contributed by atoms with Crippen LogP contribution in [0.1, 0.15) is 17.3 Å². The van der Waals surface area contributed by atoms with Gasteiger partial charge in [-0.05, 0) is 12.1 Å². The van der Waals surface area contributed by atoms with Gasteiger partial charge in [0.2, 0.25) is 0 Å². The minimum Gasteiger partial charge on any atom is -0.478 e. The molecule has 20 heavy (non-hydrogen) atoms. The first kappa shape index (κ1) is 16.6. The molecular weight excluding hydrogens is 305 g/mol. The molecule has 1 aromatic rings. The van der Waals surface area contributed by atoms with Gasteiger partial charge in [0, 0.05) is 43.5 Å². The quantitative estimate of drug-likeness (QED) is 0.475. The molecule has 1 N–H and O–H groups in total. The van der Waals surface area contributed by atoms with Crippen LogP contribution in [0.4, 0.5) is 5.69 Å². The van der Waals surface area contributed by atoms with E-state index in [1.165, 1.54) is 19.1 Å². The van der Waals surface area contributed by atoms with Gasteiger partial charge in [0.25, 0.3) is 0 Å². The van der Waals surface area contributed by atoms with E-state index in [4.69, 9.17) is 33.0 Å². The lowest BCUT2D eigenvalue weighted by atomic mass is 10.1. The molecule has 0 aliphatic heterocycles. The molecule has 0 spiro atoms. The van der Waals surface area contributed by atoms with E-state index < -0.39 is 11.9 Å². The number of rotatable bonds is 7. The minimum absolute atomic E-state index is 0.0108. The van der Waals surface area contributed by atoms with Gasteiger partial charge in [0.05, 0.1) is 0 Å². The predicted octanol–water partition coefficient (Wildman–Crippen LogP) is 2.59. The molecular formula is C13H15Cl2NO4. The Morgan fingerprint density at radius 3 is 2.30 bits per heavy atom. The van der Waals surface area contributed by atoms with E-state index in [1.54, 1.807) is 6.07 Å². The number of alkyl halides is 2. The van der Waals surface area contributed by atoms with E-state index in [9.17, 15) is 9.59 Å². The molecule has 1 aromatic carbocycles. The van der Waals surface area contributed by atoms with Crippen LogP contribution in [-0.4, -0.2) is 41.9 Å². The largest absolute Gasteiger partial charge is 0.478 e. The Hall–Kier alpha value is -1.46. The van der Waals surface area contributed by atoms with Crippen molar-refractivity contribution in [2.45, 2.75) is 6.92 Å². The van der Waals surface area contributed by atoms with Gasteiger partial charge in [-0.25, -0.2) is 4.79 Å². The Balaban J connectivity index is 3.15. The topological polar surface area (TPSA) is 66.8 Å². The summed E-state index contributed by atoms with van der Waals surface area (Å²) in [5.41, 5.74) is 0.633. The van der Waals surface area contributed by atoms with Gasteiger partial charge in [-0.1, -0.05) is 0 Å². The zero-order valence-corrected chi connectivity index (χ0v) is 12.4. The summed E-state index contributed by atoms with van der Waals surface area (Å²) < 4.78 is 4.94. The molecule has 0 bridgehead atoms. The molecule has 0 amide bonds. The molecule has 0 heterocycles. The molecule has 0 aliphatic rings. The summed E-state index contributed by atoms with van der Waals surface area (Å²) >= 11 is 11.4. The summed E-state index contributed by atoms with van der Waals surface area (Å²) in [7, 11) is 0. The molecule has 0 atom stereocenters. The second-order valence-corrected chi connectivity index (χ2v) is 4.70. The van der Waals surface area contributed by atoms with Gasteiger partial charge < -0.3 is 14.7 Å². The van der Waals surface area contributed by atoms with Gasteiger partial charge in [0.15, 0.2) is 0 Å². The van der Waals surface area contributed by atoms with E-state index >= 15 is 0 Å². The molecule has 7 heteroatoms. The summed E-state index contributed by atoms with van der Waals surface area (Å²) in [6.07, 6.45) is 0. The third kappa shape index (κ3) is 4.58. The van der Waals surface area contributed by atoms with E-state index in [2.05, 4.69) is 0 Å². The molecule has 0 aliphatic carbocycles. The van der Waals surface area contributed by atoms with Crippen molar-refractivity contribution in [1.82, 2.24) is 0 Å². The fourth-order valence-electron chi connectivity index (χ4n) is 1.70. The lowest BCUT2D eigenvalue weighted by molar-refractivity contribution is -0.131. The number of carbonyl (C=O) groups excluding carboxylic acids is 1. The first-order valence-corrected chi connectivity index (χ1v) is 6.99. The number of carbonyl (C=O) groups is 2. The van der Waals surface area contributed by atoms with Crippen molar-refractivity contribution in [2.24, 2.45) is 0 Å². The number of carboxylic acids is 1. The van der Waals surface area contributed by atoms with E-state index in [-0.39, 0.29) is 11.3 Å². The number of nitrogens with zero attached hydrogens (tertiary/aromatic N) is 1. The highest BCUT2D eigenvalue weighted by atomic mass is 35.5. The number of carboxylic acid groups (broad SMARTS) is 1. The highest BCUT2D eigenvalue weighted by molar-refractivity contribution is 6.18. The lowest BCUT2D eigenvalue weighted by Crippen LogP contribution is -2.27. The van der Waals surface area contributed by atoms with E-state index in [0.29, 0.717) is 30.5 Å². The fraction of sp³-hybridized carbons (Fsp3) is 0.385. The Labute approximate surface area is 127 Å². The van der Waals surface area contributed by atoms with Crippen LogP contribution in [0.2, 0.25) is 0 Å². The van der Waals surface area contributed by atoms with Crippen molar-refractivity contribution in [3.05, 3.63) is 23.8 Å². The molecule has 110 valence electrons. The summed E-state index contributed by atoms with van der Waals surface area (Å²) in [5.74, 6) is -0.919. The Bertz CT molecular complexity index is 487. The number of benzene rings is 1. The predicted molar refractivity (Wildman–Crippen MR) is 78.4 cm³/mol. The average Bonchev–Trinajstić information content (AvgIpc) is 2.37. The molecule has 0 fully saturated rings. The molecule has 0 aromatic heterocycles. The van der Waals surface area contributed by atoms with Crippen LogP contribution < -0.4 is 9.64 Å². The van der Waals surface area contributed by atoms with Crippen LogP contribution in [0.15, 0.2) is 18.2 Å². The molecule has 0 saturated heterocycles. The summed E-state index contributed by atoms with van der Waals surface area (Å²) in [4.78, 5) is 24.0. The first-order valence-electron chi connectivity index (χ1n) is 5.92. The second-order valence-electron chi connectivity index (χ2n) is 3.94. The van der Waals surface area contributed by atoms with Crippen LogP contribution in [0.3, 0.4) is 0 Å². The summed E-state index contributed by atoms with van der Waals surface area (Å²) in [6.45, 7) is 2.33. The smallest absolute Gasteiger partial charge is 0.339 e. The third-order valence-corrected chi connectivity index (χ3v) is 2.86. The lowest BCUT2D eigenvalue weighted by Gasteiger charge is -2.23. The zero-order chi connectivity index (χ0) is 15.1. The molecule has 5 nitrogen and oxygen atoms in total. The third-order valence-electron chi connectivity index (χ3n) is 2.52. The average molecular weight is 320 g/mol. The van der Waals surface area contributed by atoms with Crippen molar-refractivity contribution >= 4 is 40.8 Å². The fourth-order valence-corrected chi connectivity index (χ4v) is 2.11. The summed E-state index contributed by atoms with van der Waals surface area (Å²) in [6, 6.07) is 4.53. The number of ether oxygens (including phenoxy) is 1. The minimum atomic E-state index is -1.16. The van der Waals surface area contributed by atoms with Gasteiger partial charge in [0.1, 0.15) is 11.3 Å². The second kappa shape index (κ2) is 7.97. The van der Waals surface area contributed by atoms with Gasteiger partial charge >= 0.3 is 11.9 Å². The van der Waals surface area contributed by atoms with Crippen molar-refractivity contribution < 1.29 is 19.4 Å². The van der Waals surface area contributed by atoms with Crippen molar-refractivity contribution in [1.29, 1.82) is 0 Å². The molecule has 0 unspecified atom stereocenters. The molecule has 0 saturated carbocycles. The first-order chi connectivity index (χ1) is 9.49. The van der Waals surface area contributed by atoms with Crippen LogP contribution in [0.25, 0.3) is 0 Å². The van der Waals surface area contributed by atoms with E-state index in [1.807, 2.05) is 4.90 Å². The maximum atomic E-state index is 11.1. The normalized spacial score (nSPS) is 10.2. The zero-order valence-electron chi connectivity index (χ0n) is 10.9. The Kier molecular flexibility index (Phi) is 6.61. The number of halogens is 2. The number of esters is 1. The Morgan fingerprint density at radius 1 is 1.25 bits per heavy atom. The van der Waals surface area contributed by atoms with Crippen molar-refractivity contribution in [3.63, 3.8) is 0 Å². The maximum Gasteiger partial charge on any atom is 0.339 e. The number of hydrogen-bond donors (Lipinski definition) is 1. The maximum absolute atomic E-state index is 11.1. The standard InChI is InChI=1S/C13H15Cl2NO4/c1-9(17)20-12-8-10(2-3-11(12)13(18)19)16(6-4-14)7-5-15/h2-3,8H,4-7H2,1H3,(H,18,19). The molecule has 0 radical (unpaired) electrons. The highest BCUT2D eigenvalue weighted by Crippen LogP contribution is 2.26. The summed E-state index contributed by atoms with van der Waals surface area (Å²) in [5, 5.41) is 9.07. The van der Waals surface area contributed by atoms with Gasteiger partial charge in [-0.2, -0.15) is 0 Å². The van der Waals surface area contributed by atoms with Crippen LogP contribution in [0, 0.1) is 0 Å². The van der Waals surface area contributed by atoms with Gasteiger partial charge in [-0.15, -0.1) is 23.2 Å². The van der Waals surface area contributed by atoms with E-state index in [0.717, 1.165) is 0 Å². The van der Waals surface area contributed by atoms with Crippen molar-refractivity contribution in [2.75, 3.05) is 29.7 Å². The monoisotopic (exact) mass is 319 g/mol. The Morgan fingerprint density at radius 2 is 1.85 bits per heavy atom. The number of aromatic carboxylic acids is 1. The van der Waals surface area contributed by atoms with Crippen LogP contribution in [-0.2, 0) is 4.79 Å². The van der Waals surface area contributed by atoms with Crippen LogP contribution >= 0.6 is 23.2 Å². The van der Waals surface area contributed by atoms with Crippen LogP contribution in [0.5, 0.6) is 5.75 Å². The van der Waals surface area contributed by atoms with Gasteiger partial charge in [-0.3, -0.25) is 4.79 Å².